The van der Waals surface area contributed by atoms with Gasteiger partial charge in [0.05, 0.1) is 10.7 Å². The van der Waals surface area contributed by atoms with Gasteiger partial charge in [-0.15, -0.1) is 0 Å². The highest BCUT2D eigenvalue weighted by Gasteiger charge is 2.07. The molecule has 0 aliphatic heterocycles. The Hall–Kier alpha value is -0.940. The second-order valence-corrected chi connectivity index (χ2v) is 4.18. The Balaban J connectivity index is 2.53. The molecule has 0 amide bonds. The smallest absolute Gasteiger partial charge is 0.0870 e. The minimum absolute atomic E-state index is 0.541. The first-order valence-corrected chi connectivity index (χ1v) is 5.51. The first kappa shape index (κ1) is 12.1. The standard InChI is InChI=1S/C10H18N4S/c1-3-5-14(8-10(11)15)7-9-4-6-13(2)12-9/h4,6H,3,5,7-8H2,1-2H3,(H2,11,15). The zero-order chi connectivity index (χ0) is 11.3. The van der Waals surface area contributed by atoms with Crippen molar-refractivity contribution in [2.75, 3.05) is 13.1 Å². The van der Waals surface area contributed by atoms with E-state index in [4.69, 9.17) is 18.0 Å². The van der Waals surface area contributed by atoms with Gasteiger partial charge in [-0.2, -0.15) is 5.10 Å². The summed E-state index contributed by atoms with van der Waals surface area (Å²) >= 11 is 4.92. The van der Waals surface area contributed by atoms with E-state index in [-0.39, 0.29) is 0 Å². The van der Waals surface area contributed by atoms with E-state index in [0.717, 1.165) is 25.2 Å². The Labute approximate surface area is 96.1 Å². The summed E-state index contributed by atoms with van der Waals surface area (Å²) in [5.41, 5.74) is 6.60. The highest BCUT2D eigenvalue weighted by atomic mass is 32.1. The van der Waals surface area contributed by atoms with Gasteiger partial charge in [-0.05, 0) is 19.0 Å². The number of rotatable bonds is 6. The molecule has 1 aromatic heterocycles. The van der Waals surface area contributed by atoms with Crippen LogP contribution in [0.5, 0.6) is 0 Å². The fraction of sp³-hybridized carbons (Fsp3) is 0.600. The van der Waals surface area contributed by atoms with Gasteiger partial charge in [-0.3, -0.25) is 9.58 Å². The maximum atomic E-state index is 5.55. The molecule has 1 rings (SSSR count). The Morgan fingerprint density at radius 3 is 2.87 bits per heavy atom. The number of aryl methyl sites for hydroxylation is 1. The third kappa shape index (κ3) is 4.40. The minimum Gasteiger partial charge on any atom is -0.392 e. The van der Waals surface area contributed by atoms with Gasteiger partial charge in [-0.1, -0.05) is 19.1 Å². The summed E-state index contributed by atoms with van der Waals surface area (Å²) in [5, 5.41) is 4.33. The van der Waals surface area contributed by atoms with Crippen LogP contribution in [0.15, 0.2) is 12.3 Å². The molecule has 0 aliphatic carbocycles. The van der Waals surface area contributed by atoms with Crippen LogP contribution in [0.2, 0.25) is 0 Å². The molecule has 84 valence electrons. The molecule has 0 saturated carbocycles. The van der Waals surface area contributed by atoms with Crippen molar-refractivity contribution in [2.45, 2.75) is 19.9 Å². The summed E-state index contributed by atoms with van der Waals surface area (Å²) in [4.78, 5) is 2.75. The van der Waals surface area contributed by atoms with Crippen molar-refractivity contribution in [3.05, 3.63) is 18.0 Å². The van der Waals surface area contributed by atoms with Crippen molar-refractivity contribution in [3.63, 3.8) is 0 Å². The molecule has 0 atom stereocenters. The summed E-state index contributed by atoms with van der Waals surface area (Å²) in [6.07, 6.45) is 3.04. The summed E-state index contributed by atoms with van der Waals surface area (Å²) in [6.45, 7) is 4.62. The topological polar surface area (TPSA) is 47.1 Å². The van der Waals surface area contributed by atoms with Crippen LogP contribution in [0.25, 0.3) is 0 Å². The van der Waals surface area contributed by atoms with E-state index in [1.54, 1.807) is 4.68 Å². The van der Waals surface area contributed by atoms with Gasteiger partial charge in [0.2, 0.25) is 0 Å². The van der Waals surface area contributed by atoms with Crippen LogP contribution in [0.4, 0.5) is 0 Å². The zero-order valence-corrected chi connectivity index (χ0v) is 10.1. The van der Waals surface area contributed by atoms with E-state index in [9.17, 15) is 0 Å². The second kappa shape index (κ2) is 5.82. The predicted molar refractivity (Wildman–Crippen MR) is 65.6 cm³/mol. The van der Waals surface area contributed by atoms with Gasteiger partial charge in [0, 0.05) is 26.3 Å². The van der Waals surface area contributed by atoms with Crippen LogP contribution in [0.3, 0.4) is 0 Å². The van der Waals surface area contributed by atoms with Crippen LogP contribution >= 0.6 is 12.2 Å². The van der Waals surface area contributed by atoms with Crippen LogP contribution in [0, 0.1) is 0 Å². The zero-order valence-electron chi connectivity index (χ0n) is 9.31. The molecular formula is C10H18N4S. The summed E-state index contributed by atoms with van der Waals surface area (Å²) in [7, 11) is 1.92. The molecule has 0 spiro atoms. The lowest BCUT2D eigenvalue weighted by Crippen LogP contribution is -2.33. The van der Waals surface area contributed by atoms with Gasteiger partial charge in [0.15, 0.2) is 0 Å². The number of hydrogen-bond donors (Lipinski definition) is 1. The lowest BCUT2D eigenvalue weighted by molar-refractivity contribution is 0.300. The van der Waals surface area contributed by atoms with Gasteiger partial charge in [0.1, 0.15) is 0 Å². The second-order valence-electron chi connectivity index (χ2n) is 3.66. The molecule has 0 unspecified atom stereocenters. The monoisotopic (exact) mass is 226 g/mol. The van der Waals surface area contributed by atoms with Crippen LogP contribution < -0.4 is 5.73 Å². The number of hydrogen-bond acceptors (Lipinski definition) is 3. The Morgan fingerprint density at radius 2 is 2.40 bits per heavy atom. The molecule has 0 saturated heterocycles. The van der Waals surface area contributed by atoms with Crippen molar-refractivity contribution < 1.29 is 0 Å². The Bertz CT molecular complexity index is 321. The van der Waals surface area contributed by atoms with Crippen molar-refractivity contribution in [3.8, 4) is 0 Å². The average Bonchev–Trinajstić information content (AvgIpc) is 2.50. The number of thiocarbonyl (C=S) groups is 1. The summed E-state index contributed by atoms with van der Waals surface area (Å²) < 4.78 is 1.81. The third-order valence-electron chi connectivity index (χ3n) is 2.07. The van der Waals surface area contributed by atoms with Gasteiger partial charge in [-0.25, -0.2) is 0 Å². The molecule has 4 nitrogen and oxygen atoms in total. The Morgan fingerprint density at radius 1 is 1.67 bits per heavy atom. The van der Waals surface area contributed by atoms with Crippen molar-refractivity contribution >= 4 is 17.2 Å². The SMILES string of the molecule is CCCN(CC(N)=S)Cc1ccn(C)n1. The normalized spacial score (nSPS) is 10.9. The lowest BCUT2D eigenvalue weighted by atomic mass is 10.3. The Kier molecular flexibility index (Phi) is 4.71. The molecule has 0 aromatic carbocycles. The van der Waals surface area contributed by atoms with Gasteiger partial charge in [0.25, 0.3) is 0 Å². The first-order chi connectivity index (χ1) is 7.11. The minimum atomic E-state index is 0.541. The molecular weight excluding hydrogens is 208 g/mol. The van der Waals surface area contributed by atoms with E-state index in [0.29, 0.717) is 11.5 Å². The fourth-order valence-corrected chi connectivity index (χ4v) is 1.71. The van der Waals surface area contributed by atoms with Crippen LogP contribution in [0.1, 0.15) is 19.0 Å². The lowest BCUT2D eigenvalue weighted by Gasteiger charge is -2.19. The van der Waals surface area contributed by atoms with E-state index < -0.39 is 0 Å². The molecule has 0 bridgehead atoms. The average molecular weight is 226 g/mol. The number of nitrogens with zero attached hydrogens (tertiary/aromatic N) is 3. The summed E-state index contributed by atoms with van der Waals surface area (Å²) in [5.74, 6) is 0. The summed E-state index contributed by atoms with van der Waals surface area (Å²) in [6, 6.07) is 2.02. The quantitative estimate of drug-likeness (QED) is 0.733. The predicted octanol–water partition coefficient (Wildman–Crippen LogP) is 0.918. The van der Waals surface area contributed by atoms with Crippen molar-refractivity contribution in [1.82, 2.24) is 14.7 Å². The largest absolute Gasteiger partial charge is 0.392 e. The molecule has 2 N–H and O–H groups in total. The molecule has 1 aromatic rings. The molecule has 1 heterocycles. The fourth-order valence-electron chi connectivity index (χ4n) is 1.53. The van der Waals surface area contributed by atoms with Gasteiger partial charge < -0.3 is 5.73 Å². The van der Waals surface area contributed by atoms with E-state index in [1.807, 2.05) is 19.3 Å². The van der Waals surface area contributed by atoms with Crippen LogP contribution in [-0.2, 0) is 13.6 Å². The number of aromatic nitrogens is 2. The molecule has 0 aliphatic rings. The van der Waals surface area contributed by atoms with Gasteiger partial charge >= 0.3 is 0 Å². The van der Waals surface area contributed by atoms with Crippen molar-refractivity contribution in [1.29, 1.82) is 0 Å². The van der Waals surface area contributed by atoms with Crippen LogP contribution in [-0.4, -0.2) is 32.8 Å². The van der Waals surface area contributed by atoms with E-state index in [1.165, 1.54) is 0 Å². The third-order valence-corrected chi connectivity index (χ3v) is 2.20. The molecule has 5 heteroatoms. The molecule has 0 fully saturated rings. The number of nitrogens with two attached hydrogens (primary N) is 1. The van der Waals surface area contributed by atoms with E-state index >= 15 is 0 Å². The molecule has 0 radical (unpaired) electrons. The highest BCUT2D eigenvalue weighted by Crippen LogP contribution is 2.02. The first-order valence-electron chi connectivity index (χ1n) is 5.11. The maximum Gasteiger partial charge on any atom is 0.0870 e. The highest BCUT2D eigenvalue weighted by molar-refractivity contribution is 7.80. The van der Waals surface area contributed by atoms with Crippen molar-refractivity contribution in [2.24, 2.45) is 12.8 Å². The van der Waals surface area contributed by atoms with E-state index in [2.05, 4.69) is 16.9 Å². The molecule has 15 heavy (non-hydrogen) atoms. The maximum absolute atomic E-state index is 5.55.